The molecule has 2 aromatic heterocycles. The molecular weight excluding hydrogens is 254 g/mol. The Morgan fingerprint density at radius 3 is 2.89 bits per heavy atom. The van der Waals surface area contributed by atoms with Gasteiger partial charge in [-0.25, -0.2) is 0 Å². The first-order valence-electron chi connectivity index (χ1n) is 5.34. The van der Waals surface area contributed by atoms with Crippen molar-refractivity contribution in [1.29, 1.82) is 0 Å². The van der Waals surface area contributed by atoms with Crippen LogP contribution in [0.25, 0.3) is 11.5 Å². The van der Waals surface area contributed by atoms with Crippen LogP contribution in [-0.2, 0) is 4.79 Å². The third kappa shape index (κ3) is 2.99. The lowest BCUT2D eigenvalue weighted by molar-refractivity contribution is -0.125. The highest BCUT2D eigenvalue weighted by Gasteiger charge is 2.17. The molecule has 0 saturated carbocycles. The minimum atomic E-state index is -1.44. The van der Waals surface area contributed by atoms with Crippen molar-refractivity contribution in [3.05, 3.63) is 30.2 Å². The number of carbonyl (C=O) groups excluding carboxylic acids is 2. The van der Waals surface area contributed by atoms with Crippen LogP contribution in [0.1, 0.15) is 10.5 Å². The molecule has 8 heteroatoms. The molecule has 0 fully saturated rings. The first-order valence-corrected chi connectivity index (χ1v) is 5.34. The lowest BCUT2D eigenvalue weighted by atomic mass is 10.3. The highest BCUT2D eigenvalue weighted by molar-refractivity contribution is 5.93. The lowest BCUT2D eigenvalue weighted by Gasteiger charge is -2.06. The maximum atomic E-state index is 11.6. The van der Waals surface area contributed by atoms with Gasteiger partial charge in [-0.1, -0.05) is 5.16 Å². The number of aliphatic hydroxyl groups is 1. The van der Waals surface area contributed by atoms with Gasteiger partial charge < -0.3 is 25.1 Å². The fraction of sp³-hybridized carbons (Fsp3) is 0.182. The van der Waals surface area contributed by atoms with E-state index in [0.717, 1.165) is 0 Å². The van der Waals surface area contributed by atoms with E-state index in [-0.39, 0.29) is 12.2 Å². The van der Waals surface area contributed by atoms with Crippen molar-refractivity contribution in [2.24, 2.45) is 5.73 Å². The zero-order chi connectivity index (χ0) is 13.8. The van der Waals surface area contributed by atoms with Crippen LogP contribution in [0.2, 0.25) is 0 Å². The fourth-order valence-corrected chi connectivity index (χ4v) is 1.30. The summed E-state index contributed by atoms with van der Waals surface area (Å²) in [5, 5.41) is 15.0. The van der Waals surface area contributed by atoms with Crippen LogP contribution >= 0.6 is 0 Å². The predicted molar refractivity (Wildman–Crippen MR) is 61.7 cm³/mol. The van der Waals surface area contributed by atoms with Crippen LogP contribution in [0, 0.1) is 0 Å². The maximum Gasteiger partial charge on any atom is 0.273 e. The molecule has 8 nitrogen and oxygen atoms in total. The summed E-state index contributed by atoms with van der Waals surface area (Å²) in [4.78, 5) is 22.2. The number of rotatable bonds is 5. The summed E-state index contributed by atoms with van der Waals surface area (Å²) in [6.07, 6.45) is 0.0151. The summed E-state index contributed by atoms with van der Waals surface area (Å²) in [7, 11) is 0. The van der Waals surface area contributed by atoms with E-state index < -0.39 is 17.9 Å². The standard InChI is InChI=1S/C11H11N3O5/c12-10(16)7(15)5-13-11(17)6-4-9(19-14-6)8-2-1-3-18-8/h1-4,7,15H,5H2,(H2,12,16)(H,13,17). The Hall–Kier alpha value is -2.61. The number of nitrogens with zero attached hydrogens (tertiary/aromatic N) is 1. The van der Waals surface area contributed by atoms with Gasteiger partial charge in [0.2, 0.25) is 11.7 Å². The second-order valence-electron chi connectivity index (χ2n) is 3.68. The van der Waals surface area contributed by atoms with E-state index in [0.29, 0.717) is 11.5 Å². The van der Waals surface area contributed by atoms with E-state index in [1.807, 2.05) is 0 Å². The summed E-state index contributed by atoms with van der Waals surface area (Å²) in [5.41, 5.74) is 4.85. The third-order valence-corrected chi connectivity index (χ3v) is 2.29. The molecule has 1 unspecified atom stereocenters. The average Bonchev–Trinajstić information content (AvgIpc) is 3.04. The number of amides is 2. The van der Waals surface area contributed by atoms with E-state index in [9.17, 15) is 9.59 Å². The quantitative estimate of drug-likeness (QED) is 0.668. The zero-order valence-corrected chi connectivity index (χ0v) is 9.70. The van der Waals surface area contributed by atoms with Crippen LogP contribution in [0.4, 0.5) is 0 Å². The minimum Gasteiger partial charge on any atom is -0.461 e. The second-order valence-corrected chi connectivity index (χ2v) is 3.68. The molecule has 0 spiro atoms. The van der Waals surface area contributed by atoms with E-state index in [4.69, 9.17) is 19.8 Å². The first kappa shape index (κ1) is 12.8. The van der Waals surface area contributed by atoms with Gasteiger partial charge in [0.1, 0.15) is 6.10 Å². The summed E-state index contributed by atoms with van der Waals surface area (Å²) < 4.78 is 10.0. The molecule has 0 radical (unpaired) electrons. The number of primary amides is 1. The number of nitrogens with two attached hydrogens (primary N) is 1. The highest BCUT2D eigenvalue weighted by Crippen LogP contribution is 2.20. The Morgan fingerprint density at radius 1 is 1.47 bits per heavy atom. The van der Waals surface area contributed by atoms with Crippen molar-refractivity contribution in [3.8, 4) is 11.5 Å². The summed E-state index contributed by atoms with van der Waals surface area (Å²) in [6.45, 7) is -0.295. The van der Waals surface area contributed by atoms with E-state index in [1.165, 1.54) is 12.3 Å². The smallest absolute Gasteiger partial charge is 0.273 e. The molecule has 0 aliphatic heterocycles. The van der Waals surface area contributed by atoms with Crippen molar-refractivity contribution < 1.29 is 23.6 Å². The van der Waals surface area contributed by atoms with E-state index >= 15 is 0 Å². The molecule has 2 amide bonds. The Morgan fingerprint density at radius 2 is 2.26 bits per heavy atom. The largest absolute Gasteiger partial charge is 0.461 e. The van der Waals surface area contributed by atoms with Gasteiger partial charge in [0, 0.05) is 6.07 Å². The third-order valence-electron chi connectivity index (χ3n) is 2.29. The molecule has 0 bridgehead atoms. The molecule has 2 heterocycles. The summed E-state index contributed by atoms with van der Waals surface area (Å²) >= 11 is 0. The number of hydrogen-bond donors (Lipinski definition) is 3. The molecule has 0 aliphatic carbocycles. The van der Waals surface area contributed by atoms with E-state index in [1.54, 1.807) is 12.1 Å². The number of furan rings is 1. The summed E-state index contributed by atoms with van der Waals surface area (Å²) in [5.74, 6) is -0.784. The molecule has 100 valence electrons. The maximum absolute atomic E-state index is 11.6. The molecule has 0 aromatic carbocycles. The Bertz CT molecular complexity index is 575. The molecular formula is C11H11N3O5. The van der Waals surface area contributed by atoms with Crippen molar-refractivity contribution >= 4 is 11.8 Å². The van der Waals surface area contributed by atoms with Crippen molar-refractivity contribution in [2.75, 3.05) is 6.54 Å². The number of aliphatic hydroxyl groups excluding tert-OH is 1. The van der Waals surface area contributed by atoms with Gasteiger partial charge in [0.25, 0.3) is 5.91 Å². The minimum absolute atomic E-state index is 0.00284. The zero-order valence-electron chi connectivity index (χ0n) is 9.70. The van der Waals surface area contributed by atoms with Crippen LogP contribution in [0.15, 0.2) is 33.4 Å². The molecule has 0 aliphatic rings. The molecule has 2 aromatic rings. The van der Waals surface area contributed by atoms with Gasteiger partial charge in [-0.3, -0.25) is 9.59 Å². The van der Waals surface area contributed by atoms with Gasteiger partial charge >= 0.3 is 0 Å². The number of carbonyl (C=O) groups is 2. The molecule has 19 heavy (non-hydrogen) atoms. The Labute approximate surface area is 107 Å². The molecule has 0 saturated heterocycles. The van der Waals surface area contributed by atoms with Crippen molar-refractivity contribution in [3.63, 3.8) is 0 Å². The summed E-state index contributed by atoms with van der Waals surface area (Å²) in [6, 6.07) is 4.70. The van der Waals surface area contributed by atoms with Gasteiger partial charge in [-0.2, -0.15) is 0 Å². The van der Waals surface area contributed by atoms with Gasteiger partial charge in [-0.05, 0) is 12.1 Å². The van der Waals surface area contributed by atoms with E-state index in [2.05, 4.69) is 10.5 Å². The predicted octanol–water partition coefficient (Wildman–Crippen LogP) is -0.489. The normalized spacial score (nSPS) is 12.1. The highest BCUT2D eigenvalue weighted by atomic mass is 16.5. The topological polar surface area (TPSA) is 132 Å². The number of nitrogens with one attached hydrogen (secondary N) is 1. The monoisotopic (exact) mass is 265 g/mol. The molecule has 4 N–H and O–H groups in total. The molecule has 1 atom stereocenters. The SMILES string of the molecule is NC(=O)C(O)CNC(=O)c1cc(-c2ccco2)on1. The Kier molecular flexibility index (Phi) is 3.62. The Balaban J connectivity index is 1.99. The van der Waals surface area contributed by atoms with Crippen LogP contribution in [0.5, 0.6) is 0 Å². The van der Waals surface area contributed by atoms with Gasteiger partial charge in [0.05, 0.1) is 12.8 Å². The lowest BCUT2D eigenvalue weighted by Crippen LogP contribution is -2.40. The van der Waals surface area contributed by atoms with Crippen LogP contribution in [-0.4, -0.2) is 34.7 Å². The fourth-order valence-electron chi connectivity index (χ4n) is 1.30. The van der Waals surface area contributed by atoms with Crippen LogP contribution < -0.4 is 11.1 Å². The number of aromatic nitrogens is 1. The van der Waals surface area contributed by atoms with Gasteiger partial charge in [0.15, 0.2) is 11.5 Å². The number of hydrogen-bond acceptors (Lipinski definition) is 6. The average molecular weight is 265 g/mol. The first-order chi connectivity index (χ1) is 9.08. The van der Waals surface area contributed by atoms with Gasteiger partial charge in [-0.15, -0.1) is 0 Å². The second kappa shape index (κ2) is 5.36. The van der Waals surface area contributed by atoms with Crippen molar-refractivity contribution in [1.82, 2.24) is 10.5 Å². The van der Waals surface area contributed by atoms with Crippen LogP contribution in [0.3, 0.4) is 0 Å². The van der Waals surface area contributed by atoms with Crippen molar-refractivity contribution in [2.45, 2.75) is 6.10 Å². The molecule has 2 rings (SSSR count).